The third kappa shape index (κ3) is 4.33. The summed E-state index contributed by atoms with van der Waals surface area (Å²) in [7, 11) is 1.37. The van der Waals surface area contributed by atoms with E-state index in [1.54, 1.807) is 0 Å². The summed E-state index contributed by atoms with van der Waals surface area (Å²) in [4.78, 5) is 27.8. The van der Waals surface area contributed by atoms with E-state index in [-0.39, 0.29) is 18.7 Å². The van der Waals surface area contributed by atoms with E-state index >= 15 is 0 Å². The zero-order valence-corrected chi connectivity index (χ0v) is 17.3. The van der Waals surface area contributed by atoms with E-state index in [2.05, 4.69) is 22.3 Å². The molecule has 2 aromatic rings. The second-order valence-corrected chi connectivity index (χ2v) is 8.21. The molecule has 30 heavy (non-hydrogen) atoms. The zero-order chi connectivity index (χ0) is 21.0. The number of nitrogens with one attached hydrogen (secondary N) is 1. The molecule has 2 bridgehead atoms. The number of amides is 1. The number of esters is 1. The lowest BCUT2D eigenvalue weighted by Crippen LogP contribution is -2.63. The first kappa shape index (κ1) is 20.4. The van der Waals surface area contributed by atoms with Crippen LogP contribution < -0.4 is 5.32 Å². The number of fused-ring (bicyclic) bond motifs is 2. The molecule has 1 amide bonds. The quantitative estimate of drug-likeness (QED) is 0.739. The molecule has 2 aliphatic heterocycles. The van der Waals surface area contributed by atoms with E-state index in [4.69, 9.17) is 9.47 Å². The van der Waals surface area contributed by atoms with Crippen LogP contribution in [0.25, 0.3) is 0 Å². The Bertz CT molecular complexity index is 857. The Morgan fingerprint density at radius 1 is 0.967 bits per heavy atom. The van der Waals surface area contributed by atoms with Gasteiger partial charge in [-0.1, -0.05) is 60.7 Å². The Morgan fingerprint density at radius 2 is 1.53 bits per heavy atom. The van der Waals surface area contributed by atoms with Crippen molar-refractivity contribution in [3.63, 3.8) is 0 Å². The summed E-state index contributed by atoms with van der Waals surface area (Å²) in [6, 6.07) is 20.3. The molecule has 0 spiro atoms. The lowest BCUT2D eigenvalue weighted by molar-refractivity contribution is -0.152. The minimum Gasteiger partial charge on any atom is -0.467 e. The van der Waals surface area contributed by atoms with Gasteiger partial charge in [-0.2, -0.15) is 0 Å². The van der Waals surface area contributed by atoms with E-state index < -0.39 is 17.6 Å². The van der Waals surface area contributed by atoms with Gasteiger partial charge in [0.15, 0.2) is 0 Å². The van der Waals surface area contributed by atoms with Crippen LogP contribution >= 0.6 is 0 Å². The smallest absolute Gasteiger partial charge is 0.408 e. The summed E-state index contributed by atoms with van der Waals surface area (Å²) < 4.78 is 10.5. The van der Waals surface area contributed by atoms with Gasteiger partial charge in [-0.25, -0.2) is 9.59 Å². The highest BCUT2D eigenvalue weighted by molar-refractivity contribution is 5.86. The normalized spacial score (nSPS) is 25.5. The van der Waals surface area contributed by atoms with E-state index in [1.807, 2.05) is 48.5 Å². The molecule has 2 unspecified atom stereocenters. The van der Waals surface area contributed by atoms with Crippen LogP contribution in [-0.4, -0.2) is 41.7 Å². The molecular weight excluding hydrogens is 380 g/mol. The highest BCUT2D eigenvalue weighted by atomic mass is 16.6. The summed E-state index contributed by atoms with van der Waals surface area (Å²) in [5, 5.41) is 2.88. The van der Waals surface area contributed by atoms with Gasteiger partial charge in [0.1, 0.15) is 12.1 Å². The van der Waals surface area contributed by atoms with Gasteiger partial charge < -0.3 is 14.8 Å². The van der Waals surface area contributed by atoms with Gasteiger partial charge in [0.05, 0.1) is 7.11 Å². The predicted octanol–water partition coefficient (Wildman–Crippen LogP) is 3.65. The van der Waals surface area contributed by atoms with E-state index in [0.29, 0.717) is 12.8 Å². The molecular formula is C24H28N2O4. The van der Waals surface area contributed by atoms with Crippen LogP contribution in [0.2, 0.25) is 0 Å². The molecule has 0 aromatic heterocycles. The Kier molecular flexibility index (Phi) is 6.04. The highest BCUT2D eigenvalue weighted by Gasteiger charge is 2.53. The number of carbonyl (C=O) groups is 2. The summed E-state index contributed by atoms with van der Waals surface area (Å²) in [5.41, 5.74) is 1.12. The van der Waals surface area contributed by atoms with Gasteiger partial charge in [-0.15, -0.1) is 0 Å². The van der Waals surface area contributed by atoms with Gasteiger partial charge in [0.2, 0.25) is 0 Å². The number of benzene rings is 2. The van der Waals surface area contributed by atoms with Gasteiger partial charge in [-0.05, 0) is 36.8 Å². The number of carbonyl (C=O) groups excluding carboxylic acids is 2. The first-order valence-corrected chi connectivity index (χ1v) is 10.5. The molecule has 1 N–H and O–H groups in total. The number of piperidine rings is 1. The van der Waals surface area contributed by atoms with Crippen LogP contribution in [0.4, 0.5) is 4.79 Å². The van der Waals surface area contributed by atoms with Crippen molar-refractivity contribution in [1.29, 1.82) is 0 Å². The first-order chi connectivity index (χ1) is 14.6. The number of alkyl carbamates (subject to hydrolysis) is 1. The van der Waals surface area contributed by atoms with Gasteiger partial charge in [0.25, 0.3) is 0 Å². The second-order valence-electron chi connectivity index (χ2n) is 8.21. The Morgan fingerprint density at radius 3 is 2.10 bits per heavy atom. The fourth-order valence-electron chi connectivity index (χ4n) is 4.86. The minimum absolute atomic E-state index is 0.164. The van der Waals surface area contributed by atoms with Gasteiger partial charge >= 0.3 is 12.1 Å². The van der Waals surface area contributed by atoms with Crippen molar-refractivity contribution in [1.82, 2.24) is 10.2 Å². The number of rotatable bonds is 6. The SMILES string of the molecule is COC(=O)C1(NC(=O)OCc2ccccc2)CC2CCC(C1)N2Cc1ccccc1. The van der Waals surface area contributed by atoms with Crippen LogP contribution in [0.3, 0.4) is 0 Å². The molecule has 2 aliphatic rings. The summed E-state index contributed by atoms with van der Waals surface area (Å²) >= 11 is 0. The molecule has 2 atom stereocenters. The fourth-order valence-corrected chi connectivity index (χ4v) is 4.86. The molecule has 2 aromatic carbocycles. The number of methoxy groups -OCH3 is 1. The Labute approximate surface area is 177 Å². The first-order valence-electron chi connectivity index (χ1n) is 10.5. The molecule has 0 radical (unpaired) electrons. The van der Waals surface area contributed by atoms with Crippen LogP contribution in [0.15, 0.2) is 60.7 Å². The maximum atomic E-state index is 12.8. The molecule has 4 rings (SSSR count). The van der Waals surface area contributed by atoms with Gasteiger partial charge in [-0.3, -0.25) is 4.90 Å². The van der Waals surface area contributed by atoms with Crippen molar-refractivity contribution in [3.8, 4) is 0 Å². The van der Waals surface area contributed by atoms with E-state index in [0.717, 1.165) is 24.9 Å². The Hall–Kier alpha value is -2.86. The third-order valence-corrected chi connectivity index (χ3v) is 6.28. The average molecular weight is 408 g/mol. The van der Waals surface area contributed by atoms with Crippen molar-refractivity contribution in [2.24, 2.45) is 0 Å². The van der Waals surface area contributed by atoms with E-state index in [9.17, 15) is 9.59 Å². The number of ether oxygens (including phenoxy) is 2. The standard InChI is InChI=1S/C24H28N2O4/c1-29-22(27)24(25-23(28)30-17-19-10-6-3-7-11-19)14-20-12-13-21(15-24)26(20)16-18-8-4-2-5-9-18/h2-11,20-21H,12-17H2,1H3,(H,25,28). The number of nitrogens with zero attached hydrogens (tertiary/aromatic N) is 1. The predicted molar refractivity (Wildman–Crippen MR) is 113 cm³/mol. The van der Waals surface area contributed by atoms with Gasteiger partial charge in [0, 0.05) is 18.6 Å². The van der Waals surface area contributed by atoms with Crippen LogP contribution in [0, 0.1) is 0 Å². The van der Waals surface area contributed by atoms with E-state index in [1.165, 1.54) is 12.7 Å². The molecule has 6 heteroatoms. The largest absolute Gasteiger partial charge is 0.467 e. The summed E-state index contributed by atoms with van der Waals surface area (Å²) in [5.74, 6) is -0.393. The molecule has 2 fully saturated rings. The summed E-state index contributed by atoms with van der Waals surface area (Å²) in [6.45, 7) is 1.02. The lowest BCUT2D eigenvalue weighted by Gasteiger charge is -2.44. The molecule has 2 saturated heterocycles. The fraction of sp³-hybridized carbons (Fsp3) is 0.417. The molecule has 158 valence electrons. The average Bonchev–Trinajstić information content (AvgIpc) is 3.01. The van der Waals surface area contributed by atoms with Crippen LogP contribution in [-0.2, 0) is 27.4 Å². The monoisotopic (exact) mass is 408 g/mol. The number of hydrogen-bond donors (Lipinski definition) is 1. The topological polar surface area (TPSA) is 67.9 Å². The van der Waals surface area contributed by atoms with Crippen molar-refractivity contribution < 1.29 is 19.1 Å². The maximum absolute atomic E-state index is 12.8. The molecule has 6 nitrogen and oxygen atoms in total. The zero-order valence-electron chi connectivity index (χ0n) is 17.3. The minimum atomic E-state index is -1.04. The lowest BCUT2D eigenvalue weighted by atomic mass is 9.82. The van der Waals surface area contributed by atoms with Crippen molar-refractivity contribution in [3.05, 3.63) is 71.8 Å². The van der Waals surface area contributed by atoms with Crippen molar-refractivity contribution >= 4 is 12.1 Å². The Balaban J connectivity index is 1.44. The van der Waals surface area contributed by atoms with Crippen molar-refractivity contribution in [2.75, 3.05) is 7.11 Å². The summed E-state index contributed by atoms with van der Waals surface area (Å²) in [6.07, 6.45) is 2.50. The van der Waals surface area contributed by atoms with Crippen molar-refractivity contribution in [2.45, 2.75) is 56.5 Å². The second kappa shape index (κ2) is 8.88. The maximum Gasteiger partial charge on any atom is 0.408 e. The number of hydrogen-bond acceptors (Lipinski definition) is 5. The highest BCUT2D eigenvalue weighted by Crippen LogP contribution is 2.42. The molecule has 0 aliphatic carbocycles. The third-order valence-electron chi connectivity index (χ3n) is 6.28. The van der Waals surface area contributed by atoms with Crippen LogP contribution in [0.5, 0.6) is 0 Å². The van der Waals surface area contributed by atoms with Crippen LogP contribution in [0.1, 0.15) is 36.8 Å². The molecule has 2 heterocycles. The molecule has 0 saturated carbocycles.